The van der Waals surface area contributed by atoms with E-state index in [0.29, 0.717) is 11.0 Å². The van der Waals surface area contributed by atoms with Gasteiger partial charge in [-0.15, -0.1) is 0 Å². The first kappa shape index (κ1) is 17.1. The molecule has 0 saturated heterocycles. The van der Waals surface area contributed by atoms with Crippen LogP contribution in [0.15, 0.2) is 52.0 Å². The van der Waals surface area contributed by atoms with Gasteiger partial charge in [0.2, 0.25) is 10.0 Å². The molecule has 9 heteroatoms. The molecule has 0 aliphatic heterocycles. The molecule has 0 radical (unpaired) electrons. The molecular formula is C16H11F2NO5S. The predicted octanol–water partition coefficient (Wildman–Crippen LogP) is 2.89. The number of carboxylic acids is 1. The predicted molar refractivity (Wildman–Crippen MR) is 83.6 cm³/mol. The number of furan rings is 1. The maximum absolute atomic E-state index is 13.7. The molecule has 0 spiro atoms. The molecule has 130 valence electrons. The van der Waals surface area contributed by atoms with Crippen molar-refractivity contribution in [2.45, 2.75) is 11.4 Å². The molecule has 3 rings (SSSR count). The first-order chi connectivity index (χ1) is 11.8. The molecule has 0 amide bonds. The van der Waals surface area contributed by atoms with E-state index in [9.17, 15) is 22.0 Å². The quantitative estimate of drug-likeness (QED) is 0.723. The summed E-state index contributed by atoms with van der Waals surface area (Å²) < 4.78 is 59.4. The molecule has 0 aliphatic rings. The van der Waals surface area contributed by atoms with Crippen LogP contribution in [0.1, 0.15) is 15.9 Å². The van der Waals surface area contributed by atoms with Crippen molar-refractivity contribution in [3.63, 3.8) is 0 Å². The summed E-state index contributed by atoms with van der Waals surface area (Å²) >= 11 is 0. The van der Waals surface area contributed by atoms with E-state index >= 15 is 0 Å². The molecule has 0 aliphatic carbocycles. The Morgan fingerprint density at radius 1 is 1.16 bits per heavy atom. The lowest BCUT2D eigenvalue weighted by Crippen LogP contribution is -2.23. The van der Waals surface area contributed by atoms with Crippen LogP contribution >= 0.6 is 0 Å². The Morgan fingerprint density at radius 2 is 1.80 bits per heavy atom. The Hall–Kier alpha value is -2.78. The van der Waals surface area contributed by atoms with E-state index in [1.54, 1.807) is 24.3 Å². The van der Waals surface area contributed by atoms with Crippen LogP contribution in [0.2, 0.25) is 0 Å². The van der Waals surface area contributed by atoms with Crippen molar-refractivity contribution >= 4 is 27.0 Å². The largest absolute Gasteiger partial charge is 0.477 e. The summed E-state index contributed by atoms with van der Waals surface area (Å²) in [5.74, 6) is -4.31. The number of aromatic carboxylic acids is 1. The third-order valence-electron chi connectivity index (χ3n) is 3.52. The Kier molecular flexibility index (Phi) is 4.27. The van der Waals surface area contributed by atoms with Gasteiger partial charge in [0, 0.05) is 11.9 Å². The Morgan fingerprint density at radius 3 is 2.44 bits per heavy atom. The summed E-state index contributed by atoms with van der Waals surface area (Å²) in [6, 6.07) is 8.03. The van der Waals surface area contributed by atoms with Crippen LogP contribution in [0.5, 0.6) is 0 Å². The third kappa shape index (κ3) is 3.24. The van der Waals surface area contributed by atoms with E-state index in [4.69, 9.17) is 9.52 Å². The summed E-state index contributed by atoms with van der Waals surface area (Å²) in [6.45, 7) is -0.421. The van der Waals surface area contributed by atoms with Gasteiger partial charge in [-0.05, 0) is 29.8 Å². The highest BCUT2D eigenvalue weighted by Gasteiger charge is 2.22. The second-order valence-corrected chi connectivity index (χ2v) is 6.90. The molecule has 1 aromatic heterocycles. The second-order valence-electron chi connectivity index (χ2n) is 5.16. The van der Waals surface area contributed by atoms with Gasteiger partial charge < -0.3 is 9.52 Å². The van der Waals surface area contributed by atoms with Gasteiger partial charge in [-0.1, -0.05) is 12.1 Å². The molecular weight excluding hydrogens is 356 g/mol. The Bertz CT molecular complexity index is 1050. The fraction of sp³-hybridized carbons (Fsp3) is 0.0625. The van der Waals surface area contributed by atoms with E-state index in [-0.39, 0.29) is 10.5 Å². The highest BCUT2D eigenvalue weighted by Crippen LogP contribution is 2.25. The van der Waals surface area contributed by atoms with Crippen molar-refractivity contribution in [3.05, 3.63) is 65.4 Å². The van der Waals surface area contributed by atoms with Crippen molar-refractivity contribution in [1.82, 2.24) is 4.72 Å². The lowest BCUT2D eigenvalue weighted by Gasteiger charge is -2.07. The number of hydrogen-bond donors (Lipinski definition) is 2. The molecule has 6 nitrogen and oxygen atoms in total. The van der Waals surface area contributed by atoms with Crippen molar-refractivity contribution in [2.24, 2.45) is 0 Å². The molecule has 0 atom stereocenters. The van der Waals surface area contributed by atoms with E-state index in [1.165, 1.54) is 0 Å². The van der Waals surface area contributed by atoms with Crippen LogP contribution in [0.25, 0.3) is 11.0 Å². The average Bonchev–Trinajstić information content (AvgIpc) is 2.97. The zero-order valence-corrected chi connectivity index (χ0v) is 13.3. The van der Waals surface area contributed by atoms with Gasteiger partial charge in [0.05, 0.1) is 0 Å². The second kappa shape index (κ2) is 6.26. The number of benzene rings is 2. The monoisotopic (exact) mass is 367 g/mol. The smallest absolute Gasteiger partial charge is 0.341 e. The van der Waals surface area contributed by atoms with Crippen molar-refractivity contribution < 1.29 is 31.5 Å². The summed E-state index contributed by atoms with van der Waals surface area (Å²) in [5.41, 5.74) is -0.769. The SMILES string of the molecule is O=C(O)c1c(F)cc(CNS(=O)(=O)c2coc3ccccc23)cc1F. The van der Waals surface area contributed by atoms with Crippen LogP contribution in [-0.2, 0) is 16.6 Å². The van der Waals surface area contributed by atoms with Gasteiger partial charge in [-0.3, -0.25) is 0 Å². The summed E-state index contributed by atoms with van der Waals surface area (Å²) in [5, 5.41) is 9.09. The molecule has 25 heavy (non-hydrogen) atoms. The summed E-state index contributed by atoms with van der Waals surface area (Å²) in [7, 11) is -4.00. The zero-order valence-electron chi connectivity index (χ0n) is 12.5. The van der Waals surface area contributed by atoms with Gasteiger partial charge in [0.15, 0.2) is 0 Å². The maximum atomic E-state index is 13.7. The van der Waals surface area contributed by atoms with Gasteiger partial charge in [-0.25, -0.2) is 26.7 Å². The standard InChI is InChI=1S/C16H11F2NO5S/c17-11-5-9(6-12(18)15(11)16(20)21)7-19-25(22,23)14-8-24-13-4-2-1-3-10(13)14/h1-6,8,19H,7H2,(H,20,21). The van der Waals surface area contributed by atoms with Crippen molar-refractivity contribution in [3.8, 4) is 0 Å². The van der Waals surface area contributed by atoms with Crippen LogP contribution in [-0.4, -0.2) is 19.5 Å². The van der Waals surface area contributed by atoms with Gasteiger partial charge >= 0.3 is 5.97 Å². The maximum Gasteiger partial charge on any atom is 0.341 e. The van der Waals surface area contributed by atoms with Crippen LogP contribution in [0.3, 0.4) is 0 Å². The number of fused-ring (bicyclic) bond motifs is 1. The van der Waals surface area contributed by atoms with E-state index in [2.05, 4.69) is 4.72 Å². The normalized spacial score (nSPS) is 11.8. The Labute approximate surface area is 140 Å². The van der Waals surface area contributed by atoms with E-state index in [1.807, 2.05) is 0 Å². The number of carbonyl (C=O) groups is 1. The van der Waals surface area contributed by atoms with Crippen LogP contribution in [0.4, 0.5) is 8.78 Å². The summed E-state index contributed by atoms with van der Waals surface area (Å²) in [4.78, 5) is 10.6. The average molecular weight is 367 g/mol. The molecule has 0 fully saturated rings. The molecule has 2 N–H and O–H groups in total. The molecule has 0 bridgehead atoms. The lowest BCUT2D eigenvalue weighted by molar-refractivity contribution is 0.0686. The van der Waals surface area contributed by atoms with Crippen LogP contribution in [0, 0.1) is 11.6 Å². The molecule has 1 heterocycles. The van der Waals surface area contributed by atoms with E-state index < -0.39 is 39.7 Å². The molecule has 0 unspecified atom stereocenters. The fourth-order valence-electron chi connectivity index (χ4n) is 2.35. The molecule has 2 aromatic carbocycles. The third-order valence-corrected chi connectivity index (χ3v) is 4.94. The van der Waals surface area contributed by atoms with Gasteiger partial charge in [-0.2, -0.15) is 0 Å². The zero-order chi connectivity index (χ0) is 18.2. The summed E-state index contributed by atoms with van der Waals surface area (Å²) in [6.07, 6.45) is 1.07. The first-order valence-corrected chi connectivity index (χ1v) is 8.45. The number of carboxylic acid groups (broad SMARTS) is 1. The minimum Gasteiger partial charge on any atom is -0.477 e. The number of para-hydroxylation sites is 1. The van der Waals surface area contributed by atoms with Gasteiger partial charge in [0.25, 0.3) is 0 Å². The van der Waals surface area contributed by atoms with E-state index in [0.717, 1.165) is 18.4 Å². The number of sulfonamides is 1. The number of rotatable bonds is 5. The highest BCUT2D eigenvalue weighted by molar-refractivity contribution is 7.89. The lowest BCUT2D eigenvalue weighted by atomic mass is 10.1. The topological polar surface area (TPSA) is 96.6 Å². The minimum absolute atomic E-state index is 0.0589. The van der Waals surface area contributed by atoms with Crippen molar-refractivity contribution in [1.29, 1.82) is 0 Å². The molecule has 0 saturated carbocycles. The minimum atomic E-state index is -4.00. The molecule has 3 aromatic rings. The number of halogens is 2. The fourth-order valence-corrected chi connectivity index (χ4v) is 3.49. The van der Waals surface area contributed by atoms with Gasteiger partial charge in [0.1, 0.15) is 33.9 Å². The highest BCUT2D eigenvalue weighted by atomic mass is 32.2. The first-order valence-electron chi connectivity index (χ1n) is 6.96. The van der Waals surface area contributed by atoms with Crippen LogP contribution < -0.4 is 4.72 Å². The van der Waals surface area contributed by atoms with Crippen molar-refractivity contribution in [2.75, 3.05) is 0 Å². The Balaban J connectivity index is 1.87. The number of hydrogen-bond acceptors (Lipinski definition) is 4. The number of nitrogens with one attached hydrogen (secondary N) is 1.